The third-order valence-electron chi connectivity index (χ3n) is 3.49. The first-order chi connectivity index (χ1) is 13.5. The van der Waals surface area contributed by atoms with Gasteiger partial charge in [-0.2, -0.15) is 8.78 Å². The highest BCUT2D eigenvalue weighted by Gasteiger charge is 2.16. The molecule has 3 N–H and O–H groups in total. The first-order valence-electron chi connectivity index (χ1n) is 7.87. The van der Waals surface area contributed by atoms with E-state index in [1.165, 1.54) is 22.9 Å². The number of nitrogens with zero attached hydrogens (tertiary/aromatic N) is 3. The SMILES string of the molecule is Nn1c(SCC(=O)Nc2ccccc2OC(F)F)nnc1-c1ccccc1Br. The topological polar surface area (TPSA) is 95.1 Å². The molecule has 0 atom stereocenters. The zero-order valence-corrected chi connectivity index (χ0v) is 16.6. The molecule has 2 aromatic carbocycles. The summed E-state index contributed by atoms with van der Waals surface area (Å²) in [5, 5.41) is 10.9. The van der Waals surface area contributed by atoms with Crippen molar-refractivity contribution in [3.05, 3.63) is 53.0 Å². The molecule has 1 heterocycles. The minimum atomic E-state index is -2.99. The molecule has 28 heavy (non-hydrogen) atoms. The summed E-state index contributed by atoms with van der Waals surface area (Å²) < 4.78 is 31.4. The Labute approximate surface area is 171 Å². The molecule has 0 spiro atoms. The third kappa shape index (κ3) is 4.78. The molecule has 7 nitrogen and oxygen atoms in total. The number of carbonyl (C=O) groups is 1. The smallest absolute Gasteiger partial charge is 0.387 e. The summed E-state index contributed by atoms with van der Waals surface area (Å²) in [6, 6.07) is 13.3. The van der Waals surface area contributed by atoms with Gasteiger partial charge in [-0.25, -0.2) is 4.68 Å². The van der Waals surface area contributed by atoms with Gasteiger partial charge in [0, 0.05) is 10.0 Å². The Bertz CT molecular complexity index is 986. The number of amides is 1. The fraction of sp³-hybridized carbons (Fsp3) is 0.118. The second kappa shape index (κ2) is 9.02. The molecular formula is C17H14BrF2N5O2S. The average molecular weight is 470 g/mol. The lowest BCUT2D eigenvalue weighted by Gasteiger charge is -2.11. The molecule has 0 saturated heterocycles. The molecule has 3 aromatic rings. The normalized spacial score (nSPS) is 10.9. The van der Waals surface area contributed by atoms with Gasteiger partial charge in [-0.05, 0) is 24.3 Å². The highest BCUT2D eigenvalue weighted by atomic mass is 79.9. The number of alkyl halides is 2. The van der Waals surface area contributed by atoms with Gasteiger partial charge in [0.05, 0.1) is 11.4 Å². The van der Waals surface area contributed by atoms with Crippen molar-refractivity contribution in [3.63, 3.8) is 0 Å². The third-order valence-corrected chi connectivity index (χ3v) is 5.12. The number of nitrogens with one attached hydrogen (secondary N) is 1. The van der Waals surface area contributed by atoms with Crippen molar-refractivity contribution >= 4 is 39.3 Å². The summed E-state index contributed by atoms with van der Waals surface area (Å²) in [5.74, 6) is 5.88. The number of hydrogen-bond donors (Lipinski definition) is 2. The van der Waals surface area contributed by atoms with Gasteiger partial charge in [-0.3, -0.25) is 4.79 Å². The van der Waals surface area contributed by atoms with Gasteiger partial charge in [0.15, 0.2) is 5.82 Å². The highest BCUT2D eigenvalue weighted by molar-refractivity contribution is 9.10. The minimum absolute atomic E-state index is 0.0473. The van der Waals surface area contributed by atoms with Gasteiger partial charge in [-0.15, -0.1) is 10.2 Å². The number of anilines is 1. The number of thioether (sulfide) groups is 1. The van der Waals surface area contributed by atoms with Crippen molar-refractivity contribution in [2.45, 2.75) is 11.8 Å². The number of benzene rings is 2. The molecule has 3 rings (SSSR count). The molecule has 0 aliphatic rings. The number of hydrogen-bond acceptors (Lipinski definition) is 6. The van der Waals surface area contributed by atoms with Crippen LogP contribution >= 0.6 is 27.7 Å². The van der Waals surface area contributed by atoms with Crippen LogP contribution in [-0.4, -0.2) is 33.1 Å². The maximum Gasteiger partial charge on any atom is 0.387 e. The van der Waals surface area contributed by atoms with Crippen molar-refractivity contribution in [2.75, 3.05) is 16.9 Å². The summed E-state index contributed by atoms with van der Waals surface area (Å²) in [6.07, 6.45) is 0. The fourth-order valence-electron chi connectivity index (χ4n) is 2.29. The van der Waals surface area contributed by atoms with E-state index in [9.17, 15) is 13.6 Å². The lowest BCUT2D eigenvalue weighted by atomic mass is 10.2. The van der Waals surface area contributed by atoms with Crippen molar-refractivity contribution in [1.82, 2.24) is 14.9 Å². The van der Waals surface area contributed by atoms with E-state index < -0.39 is 12.5 Å². The Balaban J connectivity index is 1.66. The molecule has 146 valence electrons. The number of nitrogens with two attached hydrogens (primary N) is 1. The first-order valence-corrected chi connectivity index (χ1v) is 9.65. The van der Waals surface area contributed by atoms with Crippen LogP contribution in [0.15, 0.2) is 58.2 Å². The zero-order chi connectivity index (χ0) is 20.1. The van der Waals surface area contributed by atoms with Crippen LogP contribution in [0.3, 0.4) is 0 Å². The van der Waals surface area contributed by atoms with Crippen molar-refractivity contribution in [2.24, 2.45) is 0 Å². The molecule has 0 aliphatic heterocycles. The van der Waals surface area contributed by atoms with Crippen molar-refractivity contribution < 1.29 is 18.3 Å². The Morgan fingerprint density at radius 1 is 1.21 bits per heavy atom. The summed E-state index contributed by atoms with van der Waals surface area (Å²) >= 11 is 4.49. The average Bonchev–Trinajstić information content (AvgIpc) is 3.02. The van der Waals surface area contributed by atoms with Crippen LogP contribution in [0.1, 0.15) is 0 Å². The van der Waals surface area contributed by atoms with Crippen LogP contribution in [0.25, 0.3) is 11.4 Å². The van der Waals surface area contributed by atoms with Crippen LogP contribution in [0, 0.1) is 0 Å². The molecule has 0 aliphatic carbocycles. The number of rotatable bonds is 7. The Morgan fingerprint density at radius 3 is 2.68 bits per heavy atom. The summed E-state index contributed by atoms with van der Waals surface area (Å²) in [6.45, 7) is -2.99. The largest absolute Gasteiger partial charge is 0.433 e. The van der Waals surface area contributed by atoms with E-state index in [2.05, 4.69) is 36.2 Å². The van der Waals surface area contributed by atoms with Crippen LogP contribution < -0.4 is 15.9 Å². The van der Waals surface area contributed by atoms with Crippen LogP contribution in [0.2, 0.25) is 0 Å². The number of ether oxygens (including phenoxy) is 1. The maximum atomic E-state index is 12.4. The summed E-state index contributed by atoms with van der Waals surface area (Å²) in [7, 11) is 0. The van der Waals surface area contributed by atoms with Crippen molar-refractivity contribution in [1.29, 1.82) is 0 Å². The van der Waals surface area contributed by atoms with Gasteiger partial charge in [0.2, 0.25) is 11.1 Å². The van der Waals surface area contributed by atoms with E-state index in [1.54, 1.807) is 6.07 Å². The molecule has 0 unspecified atom stereocenters. The van der Waals surface area contributed by atoms with E-state index in [0.717, 1.165) is 21.8 Å². The molecule has 11 heteroatoms. The molecule has 0 saturated carbocycles. The molecule has 1 amide bonds. The van der Waals surface area contributed by atoms with E-state index >= 15 is 0 Å². The van der Waals surface area contributed by atoms with Gasteiger partial charge in [0.1, 0.15) is 5.75 Å². The van der Waals surface area contributed by atoms with Crippen molar-refractivity contribution in [3.8, 4) is 17.1 Å². The lowest BCUT2D eigenvalue weighted by molar-refractivity contribution is -0.113. The molecule has 0 bridgehead atoms. The number of aromatic nitrogens is 3. The van der Waals surface area contributed by atoms with Gasteiger partial charge in [0.25, 0.3) is 0 Å². The predicted octanol–water partition coefficient (Wildman–Crippen LogP) is 3.75. The molecule has 0 radical (unpaired) electrons. The number of para-hydroxylation sites is 2. The quantitative estimate of drug-likeness (QED) is 0.404. The maximum absolute atomic E-state index is 12.4. The lowest BCUT2D eigenvalue weighted by Crippen LogP contribution is -2.17. The number of nitrogen functional groups attached to an aromatic ring is 1. The monoisotopic (exact) mass is 469 g/mol. The van der Waals surface area contributed by atoms with E-state index in [0.29, 0.717) is 11.0 Å². The first kappa shape index (κ1) is 20.1. The van der Waals surface area contributed by atoms with Gasteiger partial charge in [-0.1, -0.05) is 52.0 Å². The number of carbonyl (C=O) groups excluding carboxylic acids is 1. The molecule has 1 aromatic heterocycles. The second-order valence-corrected chi connectivity index (χ2v) is 7.16. The van der Waals surface area contributed by atoms with E-state index in [1.807, 2.05) is 24.3 Å². The Kier molecular flexibility index (Phi) is 6.47. The van der Waals surface area contributed by atoms with Gasteiger partial charge >= 0.3 is 6.61 Å². The van der Waals surface area contributed by atoms with E-state index in [4.69, 9.17) is 5.84 Å². The number of halogens is 3. The van der Waals surface area contributed by atoms with Crippen LogP contribution in [0.5, 0.6) is 5.75 Å². The minimum Gasteiger partial charge on any atom is -0.433 e. The zero-order valence-electron chi connectivity index (χ0n) is 14.2. The fourth-order valence-corrected chi connectivity index (χ4v) is 3.41. The Morgan fingerprint density at radius 2 is 1.93 bits per heavy atom. The Hall–Kier alpha value is -2.66. The highest BCUT2D eigenvalue weighted by Crippen LogP contribution is 2.29. The van der Waals surface area contributed by atoms with Crippen LogP contribution in [-0.2, 0) is 4.79 Å². The van der Waals surface area contributed by atoms with E-state index in [-0.39, 0.29) is 17.2 Å². The second-order valence-electron chi connectivity index (χ2n) is 5.37. The standard InChI is InChI=1S/C17H14BrF2N5O2S/c18-11-6-2-1-5-10(11)15-23-24-17(25(15)21)28-9-14(26)22-12-7-3-4-8-13(12)27-16(19)20/h1-8,16H,9,21H2,(H,22,26). The van der Waals surface area contributed by atoms with Crippen LogP contribution in [0.4, 0.5) is 14.5 Å². The summed E-state index contributed by atoms with van der Waals surface area (Å²) in [5.41, 5.74) is 0.906. The summed E-state index contributed by atoms with van der Waals surface area (Å²) in [4.78, 5) is 12.2. The predicted molar refractivity (Wildman–Crippen MR) is 106 cm³/mol. The van der Waals surface area contributed by atoms with Gasteiger partial charge < -0.3 is 15.9 Å². The molecular weight excluding hydrogens is 456 g/mol. The molecule has 0 fully saturated rings.